The van der Waals surface area contributed by atoms with Crippen molar-refractivity contribution in [2.75, 3.05) is 0 Å². The van der Waals surface area contributed by atoms with Gasteiger partial charge in [-0.05, 0) is 28.2 Å². The first-order valence-electron chi connectivity index (χ1n) is 9.96. The van der Waals surface area contributed by atoms with Crippen molar-refractivity contribution in [2.24, 2.45) is 0 Å². The number of fused-ring (bicyclic) bond motifs is 2. The molecule has 0 saturated heterocycles. The van der Waals surface area contributed by atoms with Gasteiger partial charge in [-0.1, -0.05) is 106 Å². The van der Waals surface area contributed by atoms with Crippen LogP contribution in [0.1, 0.15) is 50.8 Å². The molecule has 2 aliphatic rings. The van der Waals surface area contributed by atoms with Crippen LogP contribution in [0.15, 0.2) is 78.9 Å². The first-order chi connectivity index (χ1) is 13.7. The van der Waals surface area contributed by atoms with Gasteiger partial charge < -0.3 is 12.4 Å². The van der Waals surface area contributed by atoms with E-state index in [1.807, 2.05) is 0 Å². The van der Waals surface area contributed by atoms with Gasteiger partial charge in [0, 0.05) is 5.92 Å². The molecule has 0 amide bonds. The summed E-state index contributed by atoms with van der Waals surface area (Å²) < 4.78 is 0. The molecule has 0 aliphatic heterocycles. The van der Waals surface area contributed by atoms with Crippen molar-refractivity contribution in [1.82, 2.24) is 0 Å². The summed E-state index contributed by atoms with van der Waals surface area (Å²) in [5.74, 6) is 0.621. The van der Waals surface area contributed by atoms with Crippen LogP contribution in [0.25, 0.3) is 12.2 Å². The summed E-state index contributed by atoms with van der Waals surface area (Å²) in [6.07, 6.45) is 9.29. The van der Waals surface area contributed by atoms with Crippen molar-refractivity contribution in [3.63, 3.8) is 0 Å². The SMILES string of the molecule is C[Si](C)=[C-]c1cccc(C2C=Cc3ccccc32)c1C1C=Cc2ccccc21.[Cl-].[Zr+2]. The number of hydrogen-bond acceptors (Lipinski definition) is 0. The third-order valence-corrected chi connectivity index (χ3v) is 6.54. The molecule has 0 fully saturated rings. The van der Waals surface area contributed by atoms with Crippen LogP contribution in [-0.2, 0) is 26.2 Å². The summed E-state index contributed by atoms with van der Waals surface area (Å²) in [5, 5.41) is 0. The molecule has 0 saturated carbocycles. The Morgan fingerprint density at radius 1 is 0.667 bits per heavy atom. The van der Waals surface area contributed by atoms with Gasteiger partial charge in [0.05, 0.1) is 0 Å². The molecule has 2 unspecified atom stereocenters. The Morgan fingerprint density at radius 3 is 1.83 bits per heavy atom. The molecule has 2 aliphatic carbocycles. The van der Waals surface area contributed by atoms with Gasteiger partial charge in [0.2, 0.25) is 0 Å². The second kappa shape index (κ2) is 9.69. The molecular formula is C27H23ClSiZr. The zero-order chi connectivity index (χ0) is 19.1. The average Bonchev–Trinajstić information content (AvgIpc) is 3.32. The second-order valence-corrected chi connectivity index (χ2v) is 10.1. The molecule has 0 spiro atoms. The topological polar surface area (TPSA) is 0 Å². The third kappa shape index (κ3) is 4.11. The number of allylic oxidation sites excluding steroid dienone is 2. The van der Waals surface area contributed by atoms with Gasteiger partial charge in [-0.3, -0.25) is 0 Å². The van der Waals surface area contributed by atoms with E-state index in [9.17, 15) is 0 Å². The summed E-state index contributed by atoms with van der Waals surface area (Å²) in [5.41, 5.74) is 13.5. The fourth-order valence-corrected chi connectivity index (χ4v) is 5.36. The molecule has 5 rings (SSSR count). The molecule has 2 atom stereocenters. The van der Waals surface area contributed by atoms with E-state index in [0.717, 1.165) is 0 Å². The molecule has 3 aromatic rings. The third-order valence-electron chi connectivity index (χ3n) is 5.77. The average molecular weight is 502 g/mol. The monoisotopic (exact) mass is 500 g/mol. The molecule has 0 nitrogen and oxygen atoms in total. The maximum absolute atomic E-state index is 3.81. The van der Waals surface area contributed by atoms with Crippen LogP contribution in [0.2, 0.25) is 13.1 Å². The Balaban J connectivity index is 0.00000128. The number of hydrogen-bond donors (Lipinski definition) is 0. The van der Waals surface area contributed by atoms with Gasteiger partial charge in [0.15, 0.2) is 0 Å². The summed E-state index contributed by atoms with van der Waals surface area (Å²) in [6.45, 7) is 4.62. The van der Waals surface area contributed by atoms with Gasteiger partial charge in [0.25, 0.3) is 0 Å². The van der Waals surface area contributed by atoms with E-state index in [-0.39, 0.29) is 38.6 Å². The van der Waals surface area contributed by atoms with Crippen molar-refractivity contribution in [3.8, 4) is 0 Å². The van der Waals surface area contributed by atoms with Crippen LogP contribution in [0.4, 0.5) is 0 Å². The maximum atomic E-state index is 3.81. The van der Waals surface area contributed by atoms with E-state index in [1.165, 1.54) is 38.9 Å². The number of benzene rings is 3. The van der Waals surface area contributed by atoms with Gasteiger partial charge >= 0.3 is 26.2 Å². The van der Waals surface area contributed by atoms with Crippen LogP contribution in [-0.4, -0.2) is 14.1 Å². The predicted molar refractivity (Wildman–Crippen MR) is 123 cm³/mol. The molecule has 0 aromatic heterocycles. The minimum atomic E-state index is -0.606. The molecule has 3 heteroatoms. The molecule has 0 bridgehead atoms. The maximum Gasteiger partial charge on any atom is 2.00 e. The van der Waals surface area contributed by atoms with E-state index in [0.29, 0.717) is 11.8 Å². The molecule has 0 radical (unpaired) electrons. The minimum Gasteiger partial charge on any atom is -1.00 e. The molecule has 3 aromatic carbocycles. The van der Waals surface area contributed by atoms with E-state index in [2.05, 4.69) is 110 Å². The second-order valence-electron chi connectivity index (χ2n) is 7.86. The van der Waals surface area contributed by atoms with Crippen LogP contribution >= 0.6 is 0 Å². The van der Waals surface area contributed by atoms with Crippen molar-refractivity contribution >= 4 is 26.2 Å². The molecular weight excluding hydrogens is 479 g/mol. The fourth-order valence-electron chi connectivity index (χ4n) is 4.60. The standard InChI is InChI=1S/C27H23Si.ClH.Zr/c1-28(2)18-21-10-7-13-25(24-16-14-19-8-3-5-11-22(19)24)27(21)26-17-15-20-9-4-6-12-23(20)26;;/h3-17,24,26H,1-2H3;1H;/q-1;;+2/p-1. The predicted octanol–water partition coefficient (Wildman–Crippen LogP) is 3.37. The van der Waals surface area contributed by atoms with E-state index < -0.39 is 8.41 Å². The summed E-state index contributed by atoms with van der Waals surface area (Å²) >= 11 is 0. The Kier molecular flexibility index (Phi) is 7.45. The first kappa shape index (κ1) is 23.1. The number of halogens is 1. The Hall–Kier alpha value is -1.60. The van der Waals surface area contributed by atoms with Gasteiger partial charge in [-0.25, -0.2) is 0 Å². The zero-order valence-electron chi connectivity index (χ0n) is 17.2. The summed E-state index contributed by atoms with van der Waals surface area (Å²) in [7, 11) is -0.606. The van der Waals surface area contributed by atoms with Crippen LogP contribution in [0.5, 0.6) is 0 Å². The van der Waals surface area contributed by atoms with Crippen molar-refractivity contribution in [1.29, 1.82) is 0 Å². The van der Waals surface area contributed by atoms with Gasteiger partial charge in [-0.2, -0.15) is 17.3 Å². The van der Waals surface area contributed by atoms with E-state index in [1.54, 1.807) is 0 Å². The van der Waals surface area contributed by atoms with Crippen molar-refractivity contribution in [2.45, 2.75) is 24.9 Å². The largest absolute Gasteiger partial charge is 2.00 e. The van der Waals surface area contributed by atoms with Crippen LogP contribution < -0.4 is 12.4 Å². The van der Waals surface area contributed by atoms with Gasteiger partial charge in [-0.15, -0.1) is 11.6 Å². The molecule has 0 heterocycles. The van der Waals surface area contributed by atoms with E-state index >= 15 is 0 Å². The fraction of sp³-hybridized carbons (Fsp3) is 0.148. The zero-order valence-corrected chi connectivity index (χ0v) is 21.4. The summed E-state index contributed by atoms with van der Waals surface area (Å²) in [4.78, 5) is 0. The summed E-state index contributed by atoms with van der Waals surface area (Å²) in [6, 6.07) is 24.4. The minimum absolute atomic E-state index is 0. The molecule has 146 valence electrons. The Bertz CT molecular complexity index is 1160. The molecule has 30 heavy (non-hydrogen) atoms. The van der Waals surface area contributed by atoms with Crippen molar-refractivity contribution < 1.29 is 38.6 Å². The van der Waals surface area contributed by atoms with Crippen LogP contribution in [0, 0.1) is 0 Å². The normalized spacial score (nSPS) is 17.5. The smallest absolute Gasteiger partial charge is 1.00 e. The Morgan fingerprint density at radius 2 is 1.20 bits per heavy atom. The van der Waals surface area contributed by atoms with Crippen LogP contribution in [0.3, 0.4) is 0 Å². The first-order valence-corrected chi connectivity index (χ1v) is 12.5. The Labute approximate surface area is 206 Å². The van der Waals surface area contributed by atoms with Gasteiger partial charge in [0.1, 0.15) is 0 Å². The van der Waals surface area contributed by atoms with E-state index in [4.69, 9.17) is 0 Å². The van der Waals surface area contributed by atoms with Crippen molar-refractivity contribution in [3.05, 3.63) is 118 Å². The number of rotatable bonds is 3. The quantitative estimate of drug-likeness (QED) is 0.381. The molecule has 0 N–H and O–H groups in total.